The molecule has 1 aromatic heterocycles. The van der Waals surface area contributed by atoms with Crippen LogP contribution in [-0.2, 0) is 21.2 Å². The average Bonchev–Trinajstić information content (AvgIpc) is 3.27. The predicted octanol–water partition coefficient (Wildman–Crippen LogP) is 1.52. The van der Waals surface area contributed by atoms with Gasteiger partial charge in [0.25, 0.3) is 0 Å². The highest BCUT2D eigenvalue weighted by Gasteiger charge is 2.33. The van der Waals surface area contributed by atoms with Crippen molar-refractivity contribution in [3.8, 4) is 0 Å². The zero-order valence-corrected chi connectivity index (χ0v) is 15.8. The molecule has 1 aliphatic heterocycles. The second-order valence-corrected chi connectivity index (χ2v) is 9.85. The molecule has 1 aliphatic carbocycles. The number of carbonyl (C=O) groups excluding carboxylic acids is 1. The molecule has 2 aliphatic rings. The van der Waals surface area contributed by atoms with E-state index in [0.29, 0.717) is 30.0 Å². The van der Waals surface area contributed by atoms with E-state index in [-0.39, 0.29) is 29.1 Å². The van der Waals surface area contributed by atoms with Crippen LogP contribution in [0.25, 0.3) is 0 Å². The first-order chi connectivity index (χ1) is 12.0. The van der Waals surface area contributed by atoms with E-state index in [4.69, 9.17) is 0 Å². The molecule has 0 spiro atoms. The Hall–Kier alpha value is -1.35. The van der Waals surface area contributed by atoms with E-state index in [1.807, 2.05) is 4.57 Å². The monoisotopic (exact) mass is 384 g/mol. The first kappa shape index (κ1) is 18.4. The van der Waals surface area contributed by atoms with Gasteiger partial charge in [0.1, 0.15) is 5.82 Å². The molecular weight excluding hydrogens is 360 g/mol. The van der Waals surface area contributed by atoms with Crippen LogP contribution in [0.2, 0.25) is 0 Å². The maximum absolute atomic E-state index is 12.1. The number of aromatic nitrogens is 3. The van der Waals surface area contributed by atoms with Crippen molar-refractivity contribution in [3.05, 3.63) is 18.5 Å². The van der Waals surface area contributed by atoms with Gasteiger partial charge in [-0.2, -0.15) is 0 Å². The van der Waals surface area contributed by atoms with E-state index < -0.39 is 9.84 Å². The molecular formula is C16H24N4O3S2. The Bertz CT molecular complexity index is 739. The third-order valence-electron chi connectivity index (χ3n) is 4.71. The van der Waals surface area contributed by atoms with Gasteiger partial charge < -0.3 is 9.88 Å². The standard InChI is InChI=1S/C16H24N4O3S2/c1-2-8-20-15(12-7-9-25(22,23)11-12)18-19-16(20)24-10-14(21)17-13-5-3-4-6-13/h2,12-13H,1,3-11H2,(H,17,21). The summed E-state index contributed by atoms with van der Waals surface area (Å²) in [5.74, 6) is 1.17. The summed E-state index contributed by atoms with van der Waals surface area (Å²) in [6.45, 7) is 4.26. The van der Waals surface area contributed by atoms with Crippen LogP contribution in [0.15, 0.2) is 17.8 Å². The summed E-state index contributed by atoms with van der Waals surface area (Å²) in [5, 5.41) is 12.1. The first-order valence-corrected chi connectivity index (χ1v) is 11.5. The number of nitrogens with zero attached hydrogens (tertiary/aromatic N) is 3. The molecule has 3 rings (SSSR count). The van der Waals surface area contributed by atoms with Crippen molar-refractivity contribution in [2.24, 2.45) is 0 Å². The minimum Gasteiger partial charge on any atom is -0.353 e. The largest absolute Gasteiger partial charge is 0.353 e. The molecule has 1 atom stereocenters. The van der Waals surface area contributed by atoms with Crippen molar-refractivity contribution < 1.29 is 13.2 Å². The van der Waals surface area contributed by atoms with Crippen LogP contribution in [-0.4, -0.2) is 52.4 Å². The van der Waals surface area contributed by atoms with Gasteiger partial charge in [-0.3, -0.25) is 4.79 Å². The molecule has 0 aromatic carbocycles. The SMILES string of the molecule is C=CCn1c(SCC(=O)NC2CCCC2)nnc1C1CCS(=O)(=O)C1. The lowest BCUT2D eigenvalue weighted by Crippen LogP contribution is -2.33. The fourth-order valence-electron chi connectivity index (χ4n) is 3.48. The summed E-state index contributed by atoms with van der Waals surface area (Å²) >= 11 is 1.34. The molecule has 0 bridgehead atoms. The molecule has 1 amide bonds. The van der Waals surface area contributed by atoms with E-state index in [2.05, 4.69) is 22.1 Å². The van der Waals surface area contributed by atoms with Crippen molar-refractivity contribution in [3.63, 3.8) is 0 Å². The van der Waals surface area contributed by atoms with Gasteiger partial charge in [-0.05, 0) is 19.3 Å². The summed E-state index contributed by atoms with van der Waals surface area (Å²) in [4.78, 5) is 12.1. The van der Waals surface area contributed by atoms with Gasteiger partial charge in [0.15, 0.2) is 15.0 Å². The first-order valence-electron chi connectivity index (χ1n) is 8.65. The summed E-state index contributed by atoms with van der Waals surface area (Å²) < 4.78 is 25.3. The molecule has 0 radical (unpaired) electrons. The van der Waals surface area contributed by atoms with Gasteiger partial charge in [-0.25, -0.2) is 8.42 Å². The minimum atomic E-state index is -2.98. The Kier molecular flexibility index (Phi) is 5.83. The van der Waals surface area contributed by atoms with Crippen LogP contribution in [0.4, 0.5) is 0 Å². The Morgan fingerprint density at radius 1 is 1.32 bits per heavy atom. The maximum Gasteiger partial charge on any atom is 0.230 e. The third-order valence-corrected chi connectivity index (χ3v) is 7.44. The van der Waals surface area contributed by atoms with Gasteiger partial charge in [-0.15, -0.1) is 16.8 Å². The number of nitrogens with one attached hydrogen (secondary N) is 1. The highest BCUT2D eigenvalue weighted by molar-refractivity contribution is 7.99. The van der Waals surface area contributed by atoms with Gasteiger partial charge in [0, 0.05) is 18.5 Å². The maximum atomic E-state index is 12.1. The lowest BCUT2D eigenvalue weighted by molar-refractivity contribution is -0.119. The lowest BCUT2D eigenvalue weighted by Gasteiger charge is -2.13. The number of amides is 1. The number of rotatable bonds is 7. The van der Waals surface area contributed by atoms with E-state index in [1.165, 1.54) is 24.6 Å². The van der Waals surface area contributed by atoms with Crippen molar-refractivity contribution in [2.45, 2.75) is 55.8 Å². The number of thioether (sulfide) groups is 1. The third kappa shape index (κ3) is 4.63. The van der Waals surface area contributed by atoms with Crippen molar-refractivity contribution >= 4 is 27.5 Å². The van der Waals surface area contributed by atoms with Crippen LogP contribution >= 0.6 is 11.8 Å². The Labute approximate surface area is 152 Å². The zero-order chi connectivity index (χ0) is 17.9. The molecule has 138 valence electrons. The second-order valence-electron chi connectivity index (χ2n) is 6.68. The molecule has 2 fully saturated rings. The van der Waals surface area contributed by atoms with Crippen molar-refractivity contribution in [2.75, 3.05) is 17.3 Å². The van der Waals surface area contributed by atoms with Crippen molar-refractivity contribution in [1.29, 1.82) is 0 Å². The van der Waals surface area contributed by atoms with Crippen LogP contribution in [0.1, 0.15) is 43.8 Å². The Morgan fingerprint density at radius 3 is 2.72 bits per heavy atom. The average molecular weight is 385 g/mol. The number of allylic oxidation sites excluding steroid dienone is 1. The molecule has 25 heavy (non-hydrogen) atoms. The molecule has 2 heterocycles. The number of hydrogen-bond acceptors (Lipinski definition) is 6. The van der Waals surface area contributed by atoms with E-state index in [0.717, 1.165) is 12.8 Å². The predicted molar refractivity (Wildman–Crippen MR) is 97.4 cm³/mol. The van der Waals surface area contributed by atoms with Crippen LogP contribution < -0.4 is 5.32 Å². The lowest BCUT2D eigenvalue weighted by atomic mass is 10.1. The van der Waals surface area contributed by atoms with Crippen LogP contribution in [0.5, 0.6) is 0 Å². The van der Waals surface area contributed by atoms with Gasteiger partial charge in [0.2, 0.25) is 5.91 Å². The van der Waals surface area contributed by atoms with Crippen molar-refractivity contribution in [1.82, 2.24) is 20.1 Å². The molecule has 7 nitrogen and oxygen atoms in total. The fraction of sp³-hybridized carbons (Fsp3) is 0.688. The summed E-state index contributed by atoms with van der Waals surface area (Å²) in [7, 11) is -2.98. The zero-order valence-electron chi connectivity index (χ0n) is 14.2. The second kappa shape index (κ2) is 7.90. The quantitative estimate of drug-likeness (QED) is 0.566. The van der Waals surface area contributed by atoms with Crippen LogP contribution in [0, 0.1) is 0 Å². The molecule has 1 N–H and O–H groups in total. The van der Waals surface area contributed by atoms with Gasteiger partial charge in [0.05, 0.1) is 17.3 Å². The summed E-state index contributed by atoms with van der Waals surface area (Å²) in [6, 6.07) is 0.304. The molecule has 1 saturated heterocycles. The molecule has 1 unspecified atom stereocenters. The highest BCUT2D eigenvalue weighted by atomic mass is 32.2. The Morgan fingerprint density at radius 2 is 2.08 bits per heavy atom. The fourth-order valence-corrected chi connectivity index (χ4v) is 5.98. The van der Waals surface area contributed by atoms with Gasteiger partial charge in [-0.1, -0.05) is 30.7 Å². The summed E-state index contributed by atoms with van der Waals surface area (Å²) in [5.41, 5.74) is 0. The molecule has 1 saturated carbocycles. The smallest absolute Gasteiger partial charge is 0.230 e. The molecule has 1 aromatic rings. The molecule has 9 heteroatoms. The number of carbonyl (C=O) groups is 1. The van der Waals surface area contributed by atoms with E-state index >= 15 is 0 Å². The summed E-state index contributed by atoms with van der Waals surface area (Å²) in [6.07, 6.45) is 6.79. The van der Waals surface area contributed by atoms with Gasteiger partial charge >= 0.3 is 0 Å². The Balaban J connectivity index is 1.64. The minimum absolute atomic E-state index is 0.00930. The topological polar surface area (TPSA) is 93.9 Å². The van der Waals surface area contributed by atoms with E-state index in [1.54, 1.807) is 6.08 Å². The van der Waals surface area contributed by atoms with Crippen LogP contribution in [0.3, 0.4) is 0 Å². The number of sulfone groups is 1. The highest BCUT2D eigenvalue weighted by Crippen LogP contribution is 2.30. The van der Waals surface area contributed by atoms with E-state index in [9.17, 15) is 13.2 Å². The number of hydrogen-bond donors (Lipinski definition) is 1. The normalized spacial score (nSPS) is 23.0.